The van der Waals surface area contributed by atoms with E-state index in [0.717, 1.165) is 21.3 Å². The molecular weight excluding hydrogens is 330 g/mol. The van der Waals surface area contributed by atoms with Crippen LogP contribution in [0.5, 0.6) is 5.75 Å². The van der Waals surface area contributed by atoms with Crippen molar-refractivity contribution in [2.45, 2.75) is 13.0 Å². The maximum atomic E-state index is 12.4. The van der Waals surface area contributed by atoms with Crippen LogP contribution in [0.3, 0.4) is 0 Å². The molecule has 0 saturated carbocycles. The van der Waals surface area contributed by atoms with Gasteiger partial charge in [-0.15, -0.1) is 0 Å². The first-order valence-electron chi connectivity index (χ1n) is 6.71. The van der Waals surface area contributed by atoms with Crippen molar-refractivity contribution in [2.75, 3.05) is 14.2 Å². The number of methoxy groups -OCH3 is 1. The monoisotopic (exact) mass is 347 g/mol. The summed E-state index contributed by atoms with van der Waals surface area (Å²) in [7, 11) is 3.44. The van der Waals surface area contributed by atoms with E-state index in [1.54, 1.807) is 12.0 Å². The molecule has 0 spiro atoms. The molecule has 0 aliphatic carbocycles. The van der Waals surface area contributed by atoms with Gasteiger partial charge >= 0.3 is 0 Å². The lowest BCUT2D eigenvalue weighted by Crippen LogP contribution is -2.28. The fraction of sp³-hybridized carbons (Fsp3) is 0.235. The van der Waals surface area contributed by atoms with Crippen molar-refractivity contribution in [3.8, 4) is 5.75 Å². The van der Waals surface area contributed by atoms with Crippen LogP contribution in [-0.4, -0.2) is 25.0 Å². The highest BCUT2D eigenvalue weighted by molar-refractivity contribution is 9.10. The van der Waals surface area contributed by atoms with Crippen LogP contribution in [-0.2, 0) is 17.8 Å². The maximum absolute atomic E-state index is 12.4. The highest BCUT2D eigenvalue weighted by Gasteiger charge is 2.13. The molecule has 2 aromatic rings. The van der Waals surface area contributed by atoms with Gasteiger partial charge < -0.3 is 9.64 Å². The molecule has 0 radical (unpaired) electrons. The third kappa shape index (κ3) is 4.08. The van der Waals surface area contributed by atoms with Gasteiger partial charge in [0.25, 0.3) is 0 Å². The fourth-order valence-electron chi connectivity index (χ4n) is 2.12. The number of para-hydroxylation sites is 1. The number of carbonyl (C=O) groups excluding carboxylic acids is 1. The van der Waals surface area contributed by atoms with Crippen molar-refractivity contribution in [2.24, 2.45) is 0 Å². The molecule has 0 fully saturated rings. The molecule has 0 unspecified atom stereocenters. The number of amides is 1. The van der Waals surface area contributed by atoms with Crippen LogP contribution in [0.1, 0.15) is 11.1 Å². The molecule has 0 N–H and O–H groups in total. The number of ether oxygens (including phenoxy) is 1. The maximum Gasteiger partial charge on any atom is 0.227 e. The predicted molar refractivity (Wildman–Crippen MR) is 87.3 cm³/mol. The standard InChI is InChI=1S/C17H18BrNO2/c1-19(12-14-8-3-5-9-15(14)18)17(20)11-13-7-4-6-10-16(13)21-2/h3-10H,11-12H2,1-2H3. The number of nitrogens with zero attached hydrogens (tertiary/aromatic N) is 1. The van der Waals surface area contributed by atoms with E-state index in [1.807, 2.05) is 55.6 Å². The number of hydrogen-bond donors (Lipinski definition) is 0. The van der Waals surface area contributed by atoms with Crippen LogP contribution in [0.15, 0.2) is 53.0 Å². The van der Waals surface area contributed by atoms with Crippen LogP contribution in [0.4, 0.5) is 0 Å². The van der Waals surface area contributed by atoms with Crippen LogP contribution in [0.25, 0.3) is 0 Å². The second-order valence-electron chi connectivity index (χ2n) is 4.83. The van der Waals surface area contributed by atoms with E-state index in [4.69, 9.17) is 4.74 Å². The van der Waals surface area contributed by atoms with Gasteiger partial charge in [0, 0.05) is 23.6 Å². The number of rotatable bonds is 5. The van der Waals surface area contributed by atoms with E-state index >= 15 is 0 Å². The van der Waals surface area contributed by atoms with Crippen molar-refractivity contribution >= 4 is 21.8 Å². The van der Waals surface area contributed by atoms with Crippen LogP contribution in [0.2, 0.25) is 0 Å². The zero-order valence-corrected chi connectivity index (χ0v) is 13.8. The largest absolute Gasteiger partial charge is 0.496 e. The van der Waals surface area contributed by atoms with Gasteiger partial charge in [-0.3, -0.25) is 4.79 Å². The Kier molecular flexibility index (Phi) is 5.39. The van der Waals surface area contributed by atoms with Gasteiger partial charge in [0.1, 0.15) is 5.75 Å². The number of benzene rings is 2. The molecule has 0 aliphatic rings. The molecule has 2 rings (SSSR count). The molecule has 0 bridgehead atoms. The second-order valence-corrected chi connectivity index (χ2v) is 5.68. The fourth-order valence-corrected chi connectivity index (χ4v) is 2.53. The molecule has 2 aromatic carbocycles. The second kappa shape index (κ2) is 7.27. The first kappa shape index (κ1) is 15.6. The van der Waals surface area contributed by atoms with E-state index in [9.17, 15) is 4.79 Å². The lowest BCUT2D eigenvalue weighted by atomic mass is 10.1. The Morgan fingerprint density at radius 2 is 1.71 bits per heavy atom. The lowest BCUT2D eigenvalue weighted by molar-refractivity contribution is -0.129. The van der Waals surface area contributed by atoms with E-state index in [0.29, 0.717) is 13.0 Å². The molecule has 3 nitrogen and oxygen atoms in total. The Morgan fingerprint density at radius 1 is 1.10 bits per heavy atom. The van der Waals surface area contributed by atoms with Gasteiger partial charge in [-0.25, -0.2) is 0 Å². The SMILES string of the molecule is COc1ccccc1CC(=O)N(C)Cc1ccccc1Br. The number of halogens is 1. The van der Waals surface area contributed by atoms with Crippen molar-refractivity contribution in [3.63, 3.8) is 0 Å². The van der Waals surface area contributed by atoms with E-state index in [2.05, 4.69) is 15.9 Å². The Hall–Kier alpha value is -1.81. The smallest absolute Gasteiger partial charge is 0.227 e. The van der Waals surface area contributed by atoms with Crippen molar-refractivity contribution in [3.05, 3.63) is 64.1 Å². The highest BCUT2D eigenvalue weighted by atomic mass is 79.9. The van der Waals surface area contributed by atoms with Crippen LogP contribution >= 0.6 is 15.9 Å². The minimum atomic E-state index is 0.0650. The summed E-state index contributed by atoms with van der Waals surface area (Å²) in [6.07, 6.45) is 0.338. The summed E-state index contributed by atoms with van der Waals surface area (Å²) in [6, 6.07) is 15.5. The van der Waals surface area contributed by atoms with Crippen LogP contribution < -0.4 is 4.74 Å². The molecule has 4 heteroatoms. The highest BCUT2D eigenvalue weighted by Crippen LogP contribution is 2.20. The van der Waals surface area contributed by atoms with E-state index in [-0.39, 0.29) is 5.91 Å². The topological polar surface area (TPSA) is 29.5 Å². The first-order valence-corrected chi connectivity index (χ1v) is 7.50. The molecule has 0 saturated heterocycles. The average molecular weight is 348 g/mol. The van der Waals surface area contributed by atoms with E-state index in [1.165, 1.54) is 0 Å². The molecule has 1 amide bonds. The third-order valence-corrected chi connectivity index (χ3v) is 4.10. The summed E-state index contributed by atoms with van der Waals surface area (Å²) in [5, 5.41) is 0. The first-order chi connectivity index (χ1) is 10.1. The Balaban J connectivity index is 2.05. The summed E-state index contributed by atoms with van der Waals surface area (Å²) in [4.78, 5) is 14.1. The summed E-state index contributed by atoms with van der Waals surface area (Å²) in [6.45, 7) is 0.579. The molecule has 0 heterocycles. The lowest BCUT2D eigenvalue weighted by Gasteiger charge is -2.19. The van der Waals surface area contributed by atoms with Crippen LogP contribution in [0, 0.1) is 0 Å². The van der Waals surface area contributed by atoms with Gasteiger partial charge in [0.15, 0.2) is 0 Å². The molecule has 21 heavy (non-hydrogen) atoms. The van der Waals surface area contributed by atoms with Gasteiger partial charge in [-0.2, -0.15) is 0 Å². The Bertz CT molecular complexity index is 628. The summed E-state index contributed by atoms with van der Waals surface area (Å²) >= 11 is 3.51. The minimum Gasteiger partial charge on any atom is -0.496 e. The molecule has 0 atom stereocenters. The third-order valence-electron chi connectivity index (χ3n) is 3.33. The van der Waals surface area contributed by atoms with Crippen molar-refractivity contribution in [1.82, 2.24) is 4.90 Å². The summed E-state index contributed by atoms with van der Waals surface area (Å²) in [5.74, 6) is 0.815. The zero-order chi connectivity index (χ0) is 15.2. The minimum absolute atomic E-state index is 0.0650. The number of hydrogen-bond acceptors (Lipinski definition) is 2. The van der Waals surface area contributed by atoms with Crippen molar-refractivity contribution < 1.29 is 9.53 Å². The number of likely N-dealkylation sites (N-methyl/N-ethyl adjacent to an activating group) is 1. The Labute approximate surface area is 133 Å². The quantitative estimate of drug-likeness (QED) is 0.825. The molecular formula is C17H18BrNO2. The summed E-state index contributed by atoms with van der Waals surface area (Å²) in [5.41, 5.74) is 2.00. The van der Waals surface area contributed by atoms with Gasteiger partial charge in [0.2, 0.25) is 5.91 Å². The molecule has 0 aliphatic heterocycles. The molecule has 0 aromatic heterocycles. The summed E-state index contributed by atoms with van der Waals surface area (Å²) < 4.78 is 6.30. The normalized spacial score (nSPS) is 10.2. The van der Waals surface area contributed by atoms with Gasteiger partial charge in [0.05, 0.1) is 13.5 Å². The Morgan fingerprint density at radius 3 is 2.38 bits per heavy atom. The zero-order valence-electron chi connectivity index (χ0n) is 12.2. The number of carbonyl (C=O) groups is 1. The predicted octanol–water partition coefficient (Wildman–Crippen LogP) is 3.66. The van der Waals surface area contributed by atoms with Gasteiger partial charge in [-0.1, -0.05) is 52.3 Å². The van der Waals surface area contributed by atoms with Gasteiger partial charge in [-0.05, 0) is 17.7 Å². The van der Waals surface area contributed by atoms with E-state index < -0.39 is 0 Å². The average Bonchev–Trinajstić information content (AvgIpc) is 2.50. The van der Waals surface area contributed by atoms with Crippen molar-refractivity contribution in [1.29, 1.82) is 0 Å². The molecule has 110 valence electrons.